The van der Waals surface area contributed by atoms with Crippen LogP contribution in [0.3, 0.4) is 0 Å². The van der Waals surface area contributed by atoms with Crippen LogP contribution in [0.15, 0.2) is 0 Å². The summed E-state index contributed by atoms with van der Waals surface area (Å²) in [6.07, 6.45) is 7.51. The quantitative estimate of drug-likeness (QED) is 0.814. The maximum atomic E-state index is 11.6. The first-order valence-electron chi connectivity index (χ1n) is 6.86. The number of hydrogen-bond donors (Lipinski definition) is 1. The zero-order valence-electron chi connectivity index (χ0n) is 11.7. The summed E-state index contributed by atoms with van der Waals surface area (Å²) < 4.78 is 5.25. The van der Waals surface area contributed by atoms with Crippen LogP contribution in [0.25, 0.3) is 0 Å². The molecule has 1 rings (SSSR count). The van der Waals surface area contributed by atoms with E-state index in [0.29, 0.717) is 0 Å². The first-order valence-corrected chi connectivity index (χ1v) is 6.86. The van der Waals surface area contributed by atoms with Gasteiger partial charge in [-0.15, -0.1) is 0 Å². The second kappa shape index (κ2) is 6.27. The number of rotatable bonds is 3. The highest BCUT2D eigenvalue weighted by molar-refractivity contribution is 5.67. The molecule has 0 heterocycles. The molecule has 0 aromatic heterocycles. The molecule has 0 bridgehead atoms. The molecule has 0 aromatic rings. The number of hydrogen-bond acceptors (Lipinski definition) is 2. The van der Waals surface area contributed by atoms with Gasteiger partial charge in [0.15, 0.2) is 0 Å². The predicted octanol–water partition coefficient (Wildman–Crippen LogP) is 3.87. The summed E-state index contributed by atoms with van der Waals surface area (Å²) in [5, 5.41) is 2.92. The summed E-state index contributed by atoms with van der Waals surface area (Å²) in [6, 6.07) is 0.216. The Kier molecular flexibility index (Phi) is 5.29. The highest BCUT2D eigenvalue weighted by Crippen LogP contribution is 2.27. The van der Waals surface area contributed by atoms with Crippen LogP contribution in [0.4, 0.5) is 4.79 Å². The third-order valence-electron chi connectivity index (χ3n) is 3.17. The van der Waals surface area contributed by atoms with Crippen molar-refractivity contribution < 1.29 is 9.53 Å². The van der Waals surface area contributed by atoms with Gasteiger partial charge in [-0.25, -0.2) is 4.79 Å². The smallest absolute Gasteiger partial charge is 0.407 e. The molecule has 1 amide bonds. The lowest BCUT2D eigenvalue weighted by Gasteiger charge is -2.26. The van der Waals surface area contributed by atoms with E-state index >= 15 is 0 Å². The molecule has 1 N–H and O–H groups in total. The molecule has 0 unspecified atom stereocenters. The van der Waals surface area contributed by atoms with Crippen molar-refractivity contribution in [2.24, 2.45) is 5.92 Å². The lowest BCUT2D eigenvalue weighted by molar-refractivity contribution is 0.0500. The molecule has 0 saturated heterocycles. The van der Waals surface area contributed by atoms with Crippen molar-refractivity contribution in [3.05, 3.63) is 0 Å². The normalized spacial score (nSPS) is 19.8. The highest BCUT2D eigenvalue weighted by Gasteiger charge is 2.20. The van der Waals surface area contributed by atoms with Crippen LogP contribution in [-0.4, -0.2) is 17.7 Å². The van der Waals surface area contributed by atoms with E-state index in [0.717, 1.165) is 12.3 Å². The lowest BCUT2D eigenvalue weighted by Crippen LogP contribution is -2.38. The maximum Gasteiger partial charge on any atom is 0.407 e. The Labute approximate surface area is 105 Å². The molecular weight excluding hydrogens is 214 g/mol. The van der Waals surface area contributed by atoms with Crippen LogP contribution in [0.1, 0.15) is 66.2 Å². The SMILES string of the molecule is C[C@H](CC1CCCCC1)NC(=O)OC(C)(C)C. The van der Waals surface area contributed by atoms with E-state index in [1.807, 2.05) is 20.8 Å². The van der Waals surface area contributed by atoms with E-state index in [2.05, 4.69) is 12.2 Å². The average Bonchev–Trinajstić information content (AvgIpc) is 2.15. The molecule has 1 aliphatic carbocycles. The second-order valence-electron chi connectivity index (χ2n) is 6.29. The molecule has 1 aliphatic rings. The molecule has 100 valence electrons. The third kappa shape index (κ3) is 6.54. The molecular formula is C14H27NO2. The van der Waals surface area contributed by atoms with Crippen LogP contribution < -0.4 is 5.32 Å². The minimum absolute atomic E-state index is 0.216. The van der Waals surface area contributed by atoms with Gasteiger partial charge in [0.25, 0.3) is 0 Å². The van der Waals surface area contributed by atoms with E-state index < -0.39 is 5.60 Å². The molecule has 0 radical (unpaired) electrons. The van der Waals surface area contributed by atoms with Crippen molar-refractivity contribution in [2.75, 3.05) is 0 Å². The highest BCUT2D eigenvalue weighted by atomic mass is 16.6. The van der Waals surface area contributed by atoms with E-state index in [4.69, 9.17) is 4.74 Å². The Morgan fingerprint density at radius 2 is 1.88 bits per heavy atom. The van der Waals surface area contributed by atoms with E-state index in [9.17, 15) is 4.79 Å². The molecule has 3 nitrogen and oxygen atoms in total. The van der Waals surface area contributed by atoms with Gasteiger partial charge in [-0.1, -0.05) is 32.1 Å². The van der Waals surface area contributed by atoms with Crippen molar-refractivity contribution in [2.45, 2.75) is 77.9 Å². The molecule has 1 saturated carbocycles. The minimum Gasteiger partial charge on any atom is -0.444 e. The van der Waals surface area contributed by atoms with Crippen LogP contribution in [0.2, 0.25) is 0 Å². The summed E-state index contributed by atoms with van der Waals surface area (Å²) in [5.41, 5.74) is -0.408. The van der Waals surface area contributed by atoms with Crippen LogP contribution in [-0.2, 0) is 4.74 Å². The van der Waals surface area contributed by atoms with Crippen molar-refractivity contribution in [1.82, 2.24) is 5.32 Å². The van der Waals surface area contributed by atoms with E-state index in [-0.39, 0.29) is 12.1 Å². The monoisotopic (exact) mass is 241 g/mol. The fourth-order valence-electron chi connectivity index (χ4n) is 2.49. The van der Waals surface area contributed by atoms with Crippen LogP contribution in [0.5, 0.6) is 0 Å². The first-order chi connectivity index (χ1) is 7.87. The topological polar surface area (TPSA) is 38.3 Å². The Morgan fingerprint density at radius 3 is 2.41 bits per heavy atom. The van der Waals surface area contributed by atoms with Gasteiger partial charge in [-0.3, -0.25) is 0 Å². The molecule has 0 aliphatic heterocycles. The Morgan fingerprint density at radius 1 is 1.29 bits per heavy atom. The molecule has 1 atom stereocenters. The van der Waals surface area contributed by atoms with Gasteiger partial charge in [-0.05, 0) is 40.0 Å². The molecule has 0 aromatic carbocycles. The van der Waals surface area contributed by atoms with Crippen molar-refractivity contribution in [3.63, 3.8) is 0 Å². The maximum absolute atomic E-state index is 11.6. The number of amides is 1. The van der Waals surface area contributed by atoms with Crippen molar-refractivity contribution in [3.8, 4) is 0 Å². The largest absolute Gasteiger partial charge is 0.444 e. The molecule has 3 heteroatoms. The Balaban J connectivity index is 2.23. The third-order valence-corrected chi connectivity index (χ3v) is 3.17. The number of ether oxygens (including phenoxy) is 1. The standard InChI is InChI=1S/C14H27NO2/c1-11(10-12-8-6-5-7-9-12)15-13(16)17-14(2,3)4/h11-12H,5-10H2,1-4H3,(H,15,16)/t11-/m1/s1. The van der Waals surface area contributed by atoms with Gasteiger partial charge in [0, 0.05) is 6.04 Å². The number of alkyl carbamates (subject to hydrolysis) is 1. The van der Waals surface area contributed by atoms with Crippen LogP contribution >= 0.6 is 0 Å². The van der Waals surface area contributed by atoms with E-state index in [1.165, 1.54) is 32.1 Å². The fourth-order valence-corrected chi connectivity index (χ4v) is 2.49. The van der Waals surface area contributed by atoms with Gasteiger partial charge in [0.1, 0.15) is 5.60 Å². The summed E-state index contributed by atoms with van der Waals surface area (Å²) >= 11 is 0. The van der Waals surface area contributed by atoms with Gasteiger partial charge in [0.2, 0.25) is 0 Å². The Hall–Kier alpha value is -0.730. The zero-order valence-corrected chi connectivity index (χ0v) is 11.7. The number of nitrogens with one attached hydrogen (secondary N) is 1. The lowest BCUT2D eigenvalue weighted by atomic mass is 9.85. The fraction of sp³-hybridized carbons (Fsp3) is 0.929. The Bertz CT molecular complexity index is 239. The van der Waals surface area contributed by atoms with Crippen molar-refractivity contribution >= 4 is 6.09 Å². The zero-order chi connectivity index (χ0) is 12.9. The van der Waals surface area contributed by atoms with Gasteiger partial charge in [0.05, 0.1) is 0 Å². The molecule has 0 spiro atoms. The summed E-state index contributed by atoms with van der Waals surface area (Å²) in [7, 11) is 0. The summed E-state index contributed by atoms with van der Waals surface area (Å²) in [6.45, 7) is 7.73. The summed E-state index contributed by atoms with van der Waals surface area (Å²) in [5.74, 6) is 0.786. The second-order valence-corrected chi connectivity index (χ2v) is 6.29. The number of carbonyl (C=O) groups excluding carboxylic acids is 1. The van der Waals surface area contributed by atoms with E-state index in [1.54, 1.807) is 0 Å². The molecule has 1 fully saturated rings. The van der Waals surface area contributed by atoms with Gasteiger partial charge < -0.3 is 10.1 Å². The van der Waals surface area contributed by atoms with Crippen molar-refractivity contribution in [1.29, 1.82) is 0 Å². The first kappa shape index (κ1) is 14.3. The van der Waals surface area contributed by atoms with Crippen LogP contribution in [0, 0.1) is 5.92 Å². The summed E-state index contributed by atoms with van der Waals surface area (Å²) in [4.78, 5) is 11.6. The average molecular weight is 241 g/mol. The van der Waals surface area contributed by atoms with Gasteiger partial charge in [-0.2, -0.15) is 0 Å². The number of carbonyl (C=O) groups is 1. The predicted molar refractivity (Wildman–Crippen MR) is 70.0 cm³/mol. The van der Waals surface area contributed by atoms with Gasteiger partial charge >= 0.3 is 6.09 Å². The minimum atomic E-state index is -0.408. The molecule has 17 heavy (non-hydrogen) atoms.